The van der Waals surface area contributed by atoms with Crippen LogP contribution in [0.25, 0.3) is 0 Å². The molecule has 0 saturated carbocycles. The third-order valence-corrected chi connectivity index (χ3v) is 3.74. The minimum absolute atomic E-state index is 0.713. The molecule has 0 atom stereocenters. The average Bonchev–Trinajstić information content (AvgIpc) is 2.95. The Balaban J connectivity index is 1.54. The molecule has 0 aliphatic carbocycles. The van der Waals surface area contributed by atoms with E-state index >= 15 is 0 Å². The van der Waals surface area contributed by atoms with Crippen LogP contribution in [0.2, 0.25) is 0 Å². The zero-order valence-corrected chi connectivity index (χ0v) is 11.9. The Morgan fingerprint density at radius 3 is 2.65 bits per heavy atom. The minimum atomic E-state index is 0.713. The van der Waals surface area contributed by atoms with E-state index in [4.69, 9.17) is 9.47 Å². The number of hydrogen-bond donors (Lipinski definition) is 0. The summed E-state index contributed by atoms with van der Waals surface area (Å²) in [6, 6.07) is 14.8. The molecule has 0 N–H and O–H groups in total. The van der Waals surface area contributed by atoms with E-state index in [1.54, 1.807) is 0 Å². The maximum atomic E-state index is 5.80. The third-order valence-electron chi connectivity index (χ3n) is 3.74. The predicted octanol–water partition coefficient (Wildman–Crippen LogP) is 3.81. The van der Waals surface area contributed by atoms with Gasteiger partial charge in [-0.15, -0.1) is 0 Å². The Hall–Kier alpha value is -1.96. The summed E-state index contributed by atoms with van der Waals surface area (Å²) in [5.74, 6) is 2.00. The van der Waals surface area contributed by atoms with Gasteiger partial charge < -0.3 is 9.47 Å². The lowest BCUT2D eigenvalue weighted by Gasteiger charge is -2.08. The first-order valence-electron chi connectivity index (χ1n) is 7.31. The van der Waals surface area contributed by atoms with Gasteiger partial charge in [-0.3, -0.25) is 0 Å². The van der Waals surface area contributed by atoms with Crippen molar-refractivity contribution in [2.75, 3.05) is 13.2 Å². The van der Waals surface area contributed by atoms with Gasteiger partial charge in [-0.05, 0) is 41.3 Å². The van der Waals surface area contributed by atoms with Gasteiger partial charge in [0.05, 0.1) is 13.2 Å². The van der Waals surface area contributed by atoms with E-state index in [0.29, 0.717) is 6.61 Å². The van der Waals surface area contributed by atoms with Gasteiger partial charge in [0, 0.05) is 12.8 Å². The van der Waals surface area contributed by atoms with Crippen molar-refractivity contribution in [1.29, 1.82) is 0 Å². The molecule has 0 aromatic heterocycles. The first-order chi connectivity index (χ1) is 9.85. The van der Waals surface area contributed by atoms with Crippen LogP contribution >= 0.6 is 0 Å². The summed E-state index contributed by atoms with van der Waals surface area (Å²) in [6.45, 7) is 3.69. The Morgan fingerprint density at radius 2 is 1.85 bits per heavy atom. The van der Waals surface area contributed by atoms with Crippen molar-refractivity contribution in [3.05, 3.63) is 59.2 Å². The van der Waals surface area contributed by atoms with Gasteiger partial charge in [0.15, 0.2) is 0 Å². The minimum Gasteiger partial charge on any atom is -0.493 e. The van der Waals surface area contributed by atoms with Crippen LogP contribution in [0.4, 0.5) is 0 Å². The lowest BCUT2D eigenvalue weighted by atomic mass is 10.1. The van der Waals surface area contributed by atoms with E-state index in [9.17, 15) is 0 Å². The first-order valence-corrected chi connectivity index (χ1v) is 7.31. The van der Waals surface area contributed by atoms with Crippen molar-refractivity contribution in [3.63, 3.8) is 0 Å². The Kier molecular flexibility index (Phi) is 3.91. The van der Waals surface area contributed by atoms with Crippen molar-refractivity contribution in [3.8, 4) is 11.5 Å². The summed E-state index contributed by atoms with van der Waals surface area (Å²) in [4.78, 5) is 0. The van der Waals surface area contributed by atoms with E-state index in [0.717, 1.165) is 37.4 Å². The largest absolute Gasteiger partial charge is 0.493 e. The molecule has 2 heteroatoms. The summed E-state index contributed by atoms with van der Waals surface area (Å²) in [5, 5.41) is 0. The number of fused-ring (bicyclic) bond motifs is 1. The predicted molar refractivity (Wildman–Crippen MR) is 80.7 cm³/mol. The quantitative estimate of drug-likeness (QED) is 0.821. The molecule has 104 valence electrons. The van der Waals surface area contributed by atoms with Crippen LogP contribution in [0.3, 0.4) is 0 Å². The van der Waals surface area contributed by atoms with Crippen molar-refractivity contribution >= 4 is 0 Å². The van der Waals surface area contributed by atoms with Crippen LogP contribution < -0.4 is 9.47 Å². The fourth-order valence-corrected chi connectivity index (χ4v) is 2.50. The van der Waals surface area contributed by atoms with Gasteiger partial charge in [-0.1, -0.05) is 31.2 Å². The highest BCUT2D eigenvalue weighted by atomic mass is 16.5. The zero-order valence-electron chi connectivity index (χ0n) is 11.9. The van der Waals surface area contributed by atoms with Crippen LogP contribution in [-0.4, -0.2) is 13.2 Å². The molecule has 2 aromatic carbocycles. The molecule has 0 radical (unpaired) electrons. The van der Waals surface area contributed by atoms with Gasteiger partial charge in [0.25, 0.3) is 0 Å². The van der Waals surface area contributed by atoms with Gasteiger partial charge in [-0.25, -0.2) is 0 Å². The molecule has 1 aliphatic rings. The van der Waals surface area contributed by atoms with E-state index < -0.39 is 0 Å². The number of benzene rings is 2. The summed E-state index contributed by atoms with van der Waals surface area (Å²) in [6.07, 6.45) is 3.03. The van der Waals surface area contributed by atoms with Crippen molar-refractivity contribution < 1.29 is 9.47 Å². The average molecular weight is 268 g/mol. The molecule has 1 heterocycles. The van der Waals surface area contributed by atoms with Crippen LogP contribution in [0.5, 0.6) is 11.5 Å². The van der Waals surface area contributed by atoms with Crippen molar-refractivity contribution in [1.82, 2.24) is 0 Å². The van der Waals surface area contributed by atoms with Crippen LogP contribution in [0.1, 0.15) is 23.6 Å². The van der Waals surface area contributed by atoms with E-state index in [1.807, 2.05) is 0 Å². The van der Waals surface area contributed by atoms with Crippen LogP contribution in [0, 0.1) is 0 Å². The second kappa shape index (κ2) is 6.00. The standard InChI is InChI=1S/C18H20O2/c1-2-14-3-6-17(7-4-14)19-11-9-15-5-8-18-16(13-15)10-12-20-18/h3-8,13H,2,9-12H2,1H3. The fourth-order valence-electron chi connectivity index (χ4n) is 2.50. The van der Waals surface area contributed by atoms with Gasteiger partial charge in [-0.2, -0.15) is 0 Å². The second-order valence-corrected chi connectivity index (χ2v) is 5.14. The Bertz CT molecular complexity index is 572. The Labute approximate surface area is 120 Å². The summed E-state index contributed by atoms with van der Waals surface area (Å²) >= 11 is 0. The lowest BCUT2D eigenvalue weighted by molar-refractivity contribution is 0.322. The highest BCUT2D eigenvalue weighted by Gasteiger charge is 2.11. The summed E-state index contributed by atoms with van der Waals surface area (Å²) in [5.41, 5.74) is 3.99. The number of ether oxygens (including phenoxy) is 2. The van der Waals surface area contributed by atoms with Gasteiger partial charge in [0.2, 0.25) is 0 Å². The summed E-state index contributed by atoms with van der Waals surface area (Å²) < 4.78 is 11.3. The molecule has 0 unspecified atom stereocenters. The van der Waals surface area contributed by atoms with Gasteiger partial charge in [0.1, 0.15) is 11.5 Å². The second-order valence-electron chi connectivity index (χ2n) is 5.14. The first kappa shape index (κ1) is 13.0. The zero-order chi connectivity index (χ0) is 13.8. The molecule has 20 heavy (non-hydrogen) atoms. The molecule has 0 spiro atoms. The lowest BCUT2D eigenvalue weighted by Crippen LogP contribution is -2.01. The molecule has 0 amide bonds. The molecular formula is C18H20O2. The molecule has 0 fully saturated rings. The van der Waals surface area contributed by atoms with Crippen LogP contribution in [0.15, 0.2) is 42.5 Å². The fraction of sp³-hybridized carbons (Fsp3) is 0.333. The monoisotopic (exact) mass is 268 g/mol. The van der Waals surface area contributed by atoms with E-state index in [-0.39, 0.29) is 0 Å². The molecule has 1 aliphatic heterocycles. The van der Waals surface area contributed by atoms with E-state index in [1.165, 1.54) is 16.7 Å². The number of rotatable bonds is 5. The molecule has 2 aromatic rings. The topological polar surface area (TPSA) is 18.5 Å². The third kappa shape index (κ3) is 2.96. The van der Waals surface area contributed by atoms with E-state index in [2.05, 4.69) is 49.4 Å². The SMILES string of the molecule is CCc1ccc(OCCc2ccc3c(c2)CCO3)cc1. The van der Waals surface area contributed by atoms with Crippen molar-refractivity contribution in [2.24, 2.45) is 0 Å². The molecule has 0 saturated heterocycles. The maximum Gasteiger partial charge on any atom is 0.122 e. The number of aryl methyl sites for hydroxylation is 1. The highest BCUT2D eigenvalue weighted by Crippen LogP contribution is 2.26. The Morgan fingerprint density at radius 1 is 1.05 bits per heavy atom. The normalized spacial score (nSPS) is 12.8. The molecule has 0 bridgehead atoms. The van der Waals surface area contributed by atoms with Gasteiger partial charge >= 0.3 is 0 Å². The summed E-state index contributed by atoms with van der Waals surface area (Å²) in [7, 11) is 0. The molecular weight excluding hydrogens is 248 g/mol. The molecule has 2 nitrogen and oxygen atoms in total. The van der Waals surface area contributed by atoms with Crippen molar-refractivity contribution in [2.45, 2.75) is 26.2 Å². The molecule has 3 rings (SSSR count). The number of hydrogen-bond acceptors (Lipinski definition) is 2. The highest BCUT2D eigenvalue weighted by molar-refractivity contribution is 5.39. The smallest absolute Gasteiger partial charge is 0.122 e. The van der Waals surface area contributed by atoms with Crippen LogP contribution in [-0.2, 0) is 19.3 Å². The maximum absolute atomic E-state index is 5.80.